The number of nitrogens with one attached hydrogen (secondary N) is 1. The van der Waals surface area contributed by atoms with Crippen LogP contribution in [-0.4, -0.2) is 40.2 Å². The third-order valence-electron chi connectivity index (χ3n) is 5.83. The van der Waals surface area contributed by atoms with E-state index >= 15 is 0 Å². The molecule has 4 rings (SSSR count). The smallest absolute Gasteiger partial charge is 0.252 e. The number of carbonyl (C=O) groups excluding carboxylic acids is 3. The Labute approximate surface area is 208 Å². The number of halogens is 1. The van der Waals surface area contributed by atoms with Gasteiger partial charge < -0.3 is 10.2 Å². The Morgan fingerprint density at radius 1 is 0.971 bits per heavy atom. The van der Waals surface area contributed by atoms with Crippen LogP contribution < -0.4 is 10.2 Å². The van der Waals surface area contributed by atoms with Gasteiger partial charge in [-0.2, -0.15) is 0 Å². The minimum atomic E-state index is -0.980. The normalized spacial score (nSPS) is 15.4. The average Bonchev–Trinajstić information content (AvgIpc) is 3.07. The Kier molecular flexibility index (Phi) is 7.31. The van der Waals surface area contributed by atoms with Crippen LogP contribution in [0.25, 0.3) is 0 Å². The highest BCUT2D eigenvalue weighted by atomic mass is 32.1. The molecule has 8 heteroatoms. The summed E-state index contributed by atoms with van der Waals surface area (Å²) in [5.74, 6) is -1.38. The maximum Gasteiger partial charge on any atom is 0.252 e. The predicted octanol–water partition coefficient (Wildman–Crippen LogP) is 4.60. The van der Waals surface area contributed by atoms with Gasteiger partial charge in [0.2, 0.25) is 5.91 Å². The fraction of sp³-hybridized carbons (Fsp3) is 0.185. The van der Waals surface area contributed by atoms with E-state index in [1.54, 1.807) is 42.5 Å². The summed E-state index contributed by atoms with van der Waals surface area (Å²) >= 11 is 5.60. The van der Waals surface area contributed by atoms with Crippen LogP contribution >= 0.6 is 12.2 Å². The van der Waals surface area contributed by atoms with Gasteiger partial charge in [0.15, 0.2) is 10.9 Å². The molecule has 0 aromatic heterocycles. The summed E-state index contributed by atoms with van der Waals surface area (Å²) in [6, 6.07) is 21.2. The lowest BCUT2D eigenvalue weighted by Gasteiger charge is -2.24. The first-order chi connectivity index (χ1) is 16.8. The quantitative estimate of drug-likeness (QED) is 0.370. The van der Waals surface area contributed by atoms with E-state index in [1.165, 1.54) is 22.8 Å². The van der Waals surface area contributed by atoms with Gasteiger partial charge in [-0.3, -0.25) is 19.3 Å². The molecule has 0 saturated carbocycles. The lowest BCUT2D eigenvalue weighted by atomic mass is 10.1. The predicted molar refractivity (Wildman–Crippen MR) is 137 cm³/mol. The zero-order valence-electron chi connectivity index (χ0n) is 19.1. The molecule has 0 radical (unpaired) electrons. The molecule has 1 aliphatic heterocycles. The summed E-state index contributed by atoms with van der Waals surface area (Å²) in [6.07, 6.45) is 0.350. The van der Waals surface area contributed by atoms with Crippen molar-refractivity contribution >= 4 is 46.3 Å². The Hall–Kier alpha value is -3.91. The zero-order chi connectivity index (χ0) is 24.9. The second-order valence-electron chi connectivity index (χ2n) is 8.23. The van der Waals surface area contributed by atoms with Crippen LogP contribution in [0.5, 0.6) is 0 Å². The minimum absolute atomic E-state index is 0.0796. The maximum atomic E-state index is 14.7. The van der Waals surface area contributed by atoms with Crippen molar-refractivity contribution < 1.29 is 18.8 Å². The van der Waals surface area contributed by atoms with E-state index in [1.807, 2.05) is 30.3 Å². The number of ketones is 1. The zero-order valence-corrected chi connectivity index (χ0v) is 19.9. The molecular weight excluding hydrogens is 465 g/mol. The van der Waals surface area contributed by atoms with Gasteiger partial charge in [0.1, 0.15) is 11.9 Å². The van der Waals surface area contributed by atoms with Crippen molar-refractivity contribution in [3.8, 4) is 0 Å². The van der Waals surface area contributed by atoms with E-state index in [0.29, 0.717) is 24.2 Å². The highest BCUT2D eigenvalue weighted by molar-refractivity contribution is 7.80. The number of anilines is 2. The van der Waals surface area contributed by atoms with Gasteiger partial charge in [0, 0.05) is 17.8 Å². The van der Waals surface area contributed by atoms with Crippen molar-refractivity contribution in [1.82, 2.24) is 4.90 Å². The monoisotopic (exact) mass is 489 g/mol. The molecule has 35 heavy (non-hydrogen) atoms. The molecule has 0 spiro atoms. The Morgan fingerprint density at radius 2 is 1.63 bits per heavy atom. The Bertz CT molecular complexity index is 1260. The van der Waals surface area contributed by atoms with Gasteiger partial charge in [-0.1, -0.05) is 42.5 Å². The number of rotatable bonds is 8. The number of hydrogen-bond donors (Lipinski definition) is 1. The number of para-hydroxylation sites is 1. The number of thiocarbonyl (C=S) groups is 1. The molecule has 3 aromatic carbocycles. The summed E-state index contributed by atoms with van der Waals surface area (Å²) in [7, 11) is 0. The summed E-state index contributed by atoms with van der Waals surface area (Å²) in [5, 5.41) is 2.91. The van der Waals surface area contributed by atoms with Gasteiger partial charge in [-0.25, -0.2) is 4.39 Å². The van der Waals surface area contributed by atoms with Crippen molar-refractivity contribution in [3.05, 3.63) is 95.8 Å². The van der Waals surface area contributed by atoms with Crippen LogP contribution in [0.4, 0.5) is 15.8 Å². The minimum Gasteiger partial charge on any atom is -0.326 e. The second kappa shape index (κ2) is 10.6. The number of nitrogens with zero attached hydrogens (tertiary/aromatic N) is 2. The van der Waals surface area contributed by atoms with Crippen molar-refractivity contribution in [2.45, 2.75) is 25.8 Å². The Morgan fingerprint density at radius 3 is 2.29 bits per heavy atom. The topological polar surface area (TPSA) is 69.7 Å². The van der Waals surface area contributed by atoms with Crippen molar-refractivity contribution in [1.29, 1.82) is 0 Å². The highest BCUT2D eigenvalue weighted by Crippen LogP contribution is 2.30. The number of carbonyl (C=O) groups is 3. The van der Waals surface area contributed by atoms with Crippen LogP contribution in [0.15, 0.2) is 78.9 Å². The molecule has 6 nitrogen and oxygen atoms in total. The van der Waals surface area contributed by atoms with Crippen molar-refractivity contribution in [2.24, 2.45) is 0 Å². The van der Waals surface area contributed by atoms with Crippen LogP contribution in [0.3, 0.4) is 0 Å². The van der Waals surface area contributed by atoms with E-state index < -0.39 is 17.8 Å². The van der Waals surface area contributed by atoms with E-state index in [4.69, 9.17) is 12.2 Å². The lowest BCUT2D eigenvalue weighted by molar-refractivity contribution is -0.129. The molecule has 3 aromatic rings. The first-order valence-electron chi connectivity index (χ1n) is 11.2. The van der Waals surface area contributed by atoms with E-state index in [9.17, 15) is 18.8 Å². The van der Waals surface area contributed by atoms with Gasteiger partial charge in [-0.05, 0) is 67.5 Å². The molecule has 1 saturated heterocycles. The molecule has 1 fully saturated rings. The summed E-state index contributed by atoms with van der Waals surface area (Å²) in [4.78, 5) is 40.6. The third-order valence-corrected chi connectivity index (χ3v) is 6.25. The van der Waals surface area contributed by atoms with Gasteiger partial charge in [-0.15, -0.1) is 0 Å². The molecule has 178 valence electrons. The van der Waals surface area contributed by atoms with Gasteiger partial charge in [0.25, 0.3) is 5.91 Å². The molecule has 1 N–H and O–H groups in total. The van der Waals surface area contributed by atoms with Crippen LogP contribution in [-0.2, 0) is 16.0 Å². The highest BCUT2D eigenvalue weighted by Gasteiger charge is 2.44. The summed E-state index contributed by atoms with van der Waals surface area (Å²) < 4.78 is 14.7. The number of benzene rings is 3. The van der Waals surface area contributed by atoms with Crippen molar-refractivity contribution in [2.75, 3.05) is 16.8 Å². The standard InChI is InChI=1S/C27H24FN3O3S/c1-18(32)20-11-13-21(14-12-20)29-25(33)17-24-26(34)30(16-15-19-7-3-2-4-8-19)27(35)31(24)23-10-6-5-9-22(23)28/h2-14,24H,15-17H2,1H3,(H,29,33). The Balaban J connectivity index is 1.55. The fourth-order valence-electron chi connectivity index (χ4n) is 4.01. The summed E-state index contributed by atoms with van der Waals surface area (Å²) in [5.41, 5.74) is 2.21. The first kappa shape index (κ1) is 24.2. The molecule has 2 amide bonds. The van der Waals surface area contributed by atoms with E-state index in [0.717, 1.165) is 5.56 Å². The molecular formula is C27H24FN3O3S. The largest absolute Gasteiger partial charge is 0.326 e. The number of amides is 2. The number of Topliss-reactive ketones (excluding diaryl/α,β-unsaturated/α-hetero) is 1. The van der Waals surface area contributed by atoms with E-state index in [-0.39, 0.29) is 28.9 Å². The second-order valence-corrected chi connectivity index (χ2v) is 8.60. The molecule has 1 aliphatic rings. The van der Waals surface area contributed by atoms with E-state index in [2.05, 4.69) is 5.32 Å². The molecule has 0 aliphatic carbocycles. The molecule has 1 heterocycles. The van der Waals surface area contributed by atoms with Crippen molar-refractivity contribution in [3.63, 3.8) is 0 Å². The molecule has 1 unspecified atom stereocenters. The van der Waals surface area contributed by atoms with Gasteiger partial charge in [0.05, 0.1) is 12.1 Å². The maximum absolute atomic E-state index is 14.7. The van der Waals surface area contributed by atoms with Gasteiger partial charge >= 0.3 is 0 Å². The lowest BCUT2D eigenvalue weighted by Crippen LogP contribution is -2.38. The van der Waals surface area contributed by atoms with Crippen LogP contribution in [0.1, 0.15) is 29.3 Å². The van der Waals surface area contributed by atoms with Crippen LogP contribution in [0, 0.1) is 5.82 Å². The van der Waals surface area contributed by atoms with Crippen LogP contribution in [0.2, 0.25) is 0 Å². The molecule has 0 bridgehead atoms. The fourth-order valence-corrected chi connectivity index (χ4v) is 4.42. The summed E-state index contributed by atoms with van der Waals surface area (Å²) in [6.45, 7) is 1.78. The average molecular weight is 490 g/mol. The number of hydrogen-bond acceptors (Lipinski definition) is 4. The molecule has 1 atom stereocenters. The third kappa shape index (κ3) is 5.44. The SMILES string of the molecule is CC(=O)c1ccc(NC(=O)CC2C(=O)N(CCc3ccccc3)C(=S)N2c2ccccc2F)cc1. The first-order valence-corrected chi connectivity index (χ1v) is 11.6.